The molecule has 1 heterocycles. The second-order valence-corrected chi connectivity index (χ2v) is 4.71. The summed E-state index contributed by atoms with van der Waals surface area (Å²) in [6, 6.07) is 1.61. The van der Waals surface area contributed by atoms with Crippen LogP contribution in [0.1, 0.15) is 0 Å². The molecule has 0 spiro atoms. The van der Waals surface area contributed by atoms with Crippen LogP contribution in [0.15, 0.2) is 23.4 Å². The molecular formula is C14H14F2N2O5. The first-order valence-corrected chi connectivity index (χ1v) is 6.55. The van der Waals surface area contributed by atoms with Crippen molar-refractivity contribution in [3.05, 3.63) is 35.0 Å². The van der Waals surface area contributed by atoms with E-state index in [4.69, 9.17) is 5.11 Å². The van der Waals surface area contributed by atoms with E-state index in [0.717, 1.165) is 19.2 Å². The van der Waals surface area contributed by atoms with E-state index in [-0.39, 0.29) is 36.7 Å². The Morgan fingerprint density at radius 2 is 2.13 bits per heavy atom. The van der Waals surface area contributed by atoms with Crippen molar-refractivity contribution in [1.82, 2.24) is 4.90 Å². The number of aromatic hydroxyl groups is 1. The number of carbonyl (C=O) groups excluding carboxylic acids is 2. The molecule has 1 aromatic carbocycles. The number of phenols is 1. The Kier molecular flexibility index (Phi) is 4.80. The molecule has 1 aliphatic heterocycles. The fourth-order valence-electron chi connectivity index (χ4n) is 2.14. The summed E-state index contributed by atoms with van der Waals surface area (Å²) in [4.78, 5) is 25.2. The number of rotatable bonds is 5. The minimum Gasteiger partial charge on any atom is -0.505 e. The highest BCUT2D eigenvalue weighted by Crippen LogP contribution is 2.27. The maximum atomic E-state index is 13.3. The number of benzene rings is 1. The van der Waals surface area contributed by atoms with Gasteiger partial charge in [-0.1, -0.05) is 0 Å². The van der Waals surface area contributed by atoms with Crippen LogP contribution in [0.4, 0.5) is 14.5 Å². The van der Waals surface area contributed by atoms with E-state index in [1.807, 2.05) is 0 Å². The third-order valence-electron chi connectivity index (χ3n) is 3.23. The number of hydrogen-bond acceptors (Lipinski definition) is 6. The number of β-amino-alcohol motifs (C(OH)–C–C–N with tert-alkyl or cyclic N) is 1. The number of aliphatic hydroxyl groups is 1. The Hall–Kier alpha value is -2.68. The SMILES string of the molecule is COC(=O)C1=C(Nc2cc(O)c(F)c(F)c2)C(=O)N(CCO)C1. The van der Waals surface area contributed by atoms with Gasteiger partial charge >= 0.3 is 5.97 Å². The molecule has 0 unspecified atom stereocenters. The molecular weight excluding hydrogens is 314 g/mol. The van der Waals surface area contributed by atoms with Crippen molar-refractivity contribution in [2.75, 3.05) is 32.1 Å². The summed E-state index contributed by atoms with van der Waals surface area (Å²) >= 11 is 0. The van der Waals surface area contributed by atoms with Gasteiger partial charge in [-0.25, -0.2) is 9.18 Å². The molecule has 0 atom stereocenters. The first-order valence-electron chi connectivity index (χ1n) is 6.55. The highest BCUT2D eigenvalue weighted by molar-refractivity contribution is 6.08. The number of anilines is 1. The number of halogens is 2. The number of phenolic OH excluding ortho intramolecular Hbond substituents is 1. The fourth-order valence-corrected chi connectivity index (χ4v) is 2.14. The molecule has 0 radical (unpaired) electrons. The summed E-state index contributed by atoms with van der Waals surface area (Å²) < 4.78 is 31.0. The van der Waals surface area contributed by atoms with E-state index in [1.54, 1.807) is 0 Å². The zero-order valence-electron chi connectivity index (χ0n) is 12.1. The largest absolute Gasteiger partial charge is 0.505 e. The van der Waals surface area contributed by atoms with E-state index in [9.17, 15) is 23.5 Å². The number of nitrogens with one attached hydrogen (secondary N) is 1. The summed E-state index contributed by atoms with van der Waals surface area (Å²) in [6.45, 7) is -0.406. The summed E-state index contributed by atoms with van der Waals surface area (Å²) in [7, 11) is 1.13. The Morgan fingerprint density at radius 1 is 1.43 bits per heavy atom. The van der Waals surface area contributed by atoms with Crippen LogP contribution in [-0.2, 0) is 14.3 Å². The van der Waals surface area contributed by atoms with Crippen LogP contribution in [-0.4, -0.2) is 53.8 Å². The van der Waals surface area contributed by atoms with Crippen LogP contribution in [0.2, 0.25) is 0 Å². The van der Waals surface area contributed by atoms with Gasteiger partial charge in [-0.3, -0.25) is 4.79 Å². The Bertz CT molecular complexity index is 667. The second kappa shape index (κ2) is 6.61. The van der Waals surface area contributed by atoms with Gasteiger partial charge in [-0.05, 0) is 0 Å². The zero-order valence-corrected chi connectivity index (χ0v) is 12.1. The molecule has 0 saturated heterocycles. The topological polar surface area (TPSA) is 99.1 Å². The molecule has 0 aromatic heterocycles. The number of hydrogen-bond donors (Lipinski definition) is 3. The van der Waals surface area contributed by atoms with E-state index in [0.29, 0.717) is 0 Å². The summed E-state index contributed by atoms with van der Waals surface area (Å²) in [5.74, 6) is -5.05. The van der Waals surface area contributed by atoms with Crippen molar-refractivity contribution in [3.63, 3.8) is 0 Å². The minimum absolute atomic E-state index is 0.00641. The highest BCUT2D eigenvalue weighted by atomic mass is 19.2. The summed E-state index contributed by atoms with van der Waals surface area (Å²) in [5.41, 5.74) is -0.317. The lowest BCUT2D eigenvalue weighted by Crippen LogP contribution is -2.31. The van der Waals surface area contributed by atoms with Gasteiger partial charge in [0.1, 0.15) is 5.70 Å². The monoisotopic (exact) mass is 328 g/mol. The van der Waals surface area contributed by atoms with Crippen molar-refractivity contribution in [1.29, 1.82) is 0 Å². The molecule has 9 heteroatoms. The van der Waals surface area contributed by atoms with Crippen LogP contribution in [0.5, 0.6) is 5.75 Å². The first-order chi connectivity index (χ1) is 10.9. The van der Waals surface area contributed by atoms with Crippen LogP contribution < -0.4 is 5.32 Å². The number of nitrogens with zero attached hydrogens (tertiary/aromatic N) is 1. The summed E-state index contributed by atoms with van der Waals surface area (Å²) in [5, 5.41) is 20.7. The lowest BCUT2D eigenvalue weighted by molar-refractivity contribution is -0.136. The van der Waals surface area contributed by atoms with Crippen LogP contribution in [0, 0.1) is 11.6 Å². The van der Waals surface area contributed by atoms with Gasteiger partial charge in [-0.2, -0.15) is 4.39 Å². The maximum Gasteiger partial charge on any atom is 0.337 e. The lowest BCUT2D eigenvalue weighted by Gasteiger charge is -2.15. The molecule has 1 aliphatic rings. The number of methoxy groups -OCH3 is 1. The van der Waals surface area contributed by atoms with Crippen LogP contribution in [0.3, 0.4) is 0 Å². The average Bonchev–Trinajstić information content (AvgIpc) is 2.81. The predicted molar refractivity (Wildman–Crippen MR) is 74.4 cm³/mol. The van der Waals surface area contributed by atoms with Crippen molar-refractivity contribution >= 4 is 17.6 Å². The standard InChI is InChI=1S/C14H14F2N2O5/c1-23-14(22)8-6-18(2-3-19)13(21)12(8)17-7-4-9(15)11(16)10(20)5-7/h4-5,17,19-20H,2-3,6H2,1H3. The van der Waals surface area contributed by atoms with Crippen molar-refractivity contribution < 1.29 is 33.3 Å². The van der Waals surface area contributed by atoms with Crippen LogP contribution >= 0.6 is 0 Å². The van der Waals surface area contributed by atoms with Gasteiger partial charge in [0.25, 0.3) is 5.91 Å². The van der Waals surface area contributed by atoms with Crippen LogP contribution in [0.25, 0.3) is 0 Å². The molecule has 7 nitrogen and oxygen atoms in total. The lowest BCUT2D eigenvalue weighted by atomic mass is 10.2. The normalized spacial score (nSPS) is 14.4. The zero-order chi connectivity index (χ0) is 17.1. The van der Waals surface area contributed by atoms with Gasteiger partial charge in [-0.15, -0.1) is 0 Å². The quantitative estimate of drug-likeness (QED) is 0.674. The van der Waals surface area contributed by atoms with Gasteiger partial charge in [0.15, 0.2) is 17.4 Å². The third-order valence-corrected chi connectivity index (χ3v) is 3.23. The minimum atomic E-state index is -1.42. The van der Waals surface area contributed by atoms with Crippen molar-refractivity contribution in [3.8, 4) is 5.75 Å². The Morgan fingerprint density at radius 3 is 2.70 bits per heavy atom. The molecule has 23 heavy (non-hydrogen) atoms. The molecule has 3 N–H and O–H groups in total. The molecule has 124 valence electrons. The van der Waals surface area contributed by atoms with Gasteiger partial charge < -0.3 is 25.2 Å². The van der Waals surface area contributed by atoms with Gasteiger partial charge in [0.2, 0.25) is 0 Å². The molecule has 0 aliphatic carbocycles. The molecule has 1 aromatic rings. The van der Waals surface area contributed by atoms with Gasteiger partial charge in [0.05, 0.1) is 25.8 Å². The highest BCUT2D eigenvalue weighted by Gasteiger charge is 2.34. The fraction of sp³-hybridized carbons (Fsp3) is 0.286. The Labute approximate surface area is 129 Å². The van der Waals surface area contributed by atoms with E-state index >= 15 is 0 Å². The second-order valence-electron chi connectivity index (χ2n) is 4.71. The van der Waals surface area contributed by atoms with E-state index in [1.165, 1.54) is 4.90 Å². The predicted octanol–water partition coefficient (Wildman–Crippen LogP) is 0.344. The Balaban J connectivity index is 2.37. The molecule has 1 amide bonds. The number of amides is 1. The summed E-state index contributed by atoms with van der Waals surface area (Å²) in [6.07, 6.45) is 0. The number of carbonyl (C=O) groups is 2. The first kappa shape index (κ1) is 16.7. The molecule has 0 bridgehead atoms. The molecule has 0 saturated carbocycles. The van der Waals surface area contributed by atoms with Gasteiger partial charge in [0, 0.05) is 24.4 Å². The smallest absolute Gasteiger partial charge is 0.337 e. The number of esters is 1. The third kappa shape index (κ3) is 3.24. The average molecular weight is 328 g/mol. The maximum absolute atomic E-state index is 13.3. The molecule has 2 rings (SSSR count). The number of ether oxygens (including phenoxy) is 1. The van der Waals surface area contributed by atoms with Crippen molar-refractivity contribution in [2.45, 2.75) is 0 Å². The van der Waals surface area contributed by atoms with E-state index in [2.05, 4.69) is 10.1 Å². The number of aliphatic hydroxyl groups excluding tert-OH is 1. The molecule has 0 fully saturated rings. The van der Waals surface area contributed by atoms with E-state index < -0.39 is 29.3 Å². The van der Waals surface area contributed by atoms with Crippen molar-refractivity contribution in [2.24, 2.45) is 0 Å².